The van der Waals surface area contributed by atoms with E-state index in [9.17, 15) is 23.3 Å². The summed E-state index contributed by atoms with van der Waals surface area (Å²) in [5.41, 5.74) is 4.69. The van der Waals surface area contributed by atoms with E-state index in [1.54, 1.807) is 41.7 Å². The van der Waals surface area contributed by atoms with Crippen LogP contribution < -0.4 is 19.7 Å². The third-order valence-corrected chi connectivity index (χ3v) is 15.6. The van der Waals surface area contributed by atoms with Gasteiger partial charge in [-0.3, -0.25) is 19.8 Å². The molecule has 3 saturated carbocycles. The molecule has 0 bridgehead atoms. The number of sulfonamides is 1. The largest absolute Gasteiger partial charge is 0.455 e. The van der Waals surface area contributed by atoms with E-state index in [-0.39, 0.29) is 17.0 Å². The zero-order chi connectivity index (χ0) is 42.4. The molecule has 14 nitrogen and oxygen atoms in total. The summed E-state index contributed by atoms with van der Waals surface area (Å²) in [6.45, 7) is 3.41. The summed E-state index contributed by atoms with van der Waals surface area (Å²) in [6.07, 6.45) is 19.7. The molecule has 2 aromatic carbocycles. The summed E-state index contributed by atoms with van der Waals surface area (Å²) in [5.74, 6) is 0.702. The van der Waals surface area contributed by atoms with E-state index in [2.05, 4.69) is 59.1 Å². The lowest BCUT2D eigenvalue weighted by atomic mass is 9.59. The number of anilines is 2. The molecule has 5 aromatic rings. The van der Waals surface area contributed by atoms with Gasteiger partial charge in [-0.05, 0) is 123 Å². The van der Waals surface area contributed by atoms with Crippen LogP contribution in [-0.4, -0.2) is 71.3 Å². The molecule has 10 rings (SSSR count). The highest BCUT2D eigenvalue weighted by Gasteiger charge is 2.50. The van der Waals surface area contributed by atoms with Crippen molar-refractivity contribution in [3.05, 3.63) is 106 Å². The number of pyridine rings is 2. The molecular formula is C47H54N8O6S. The number of nitrogens with one attached hydrogen (secondary N) is 3. The number of ether oxygens (including phenoxy) is 1. The van der Waals surface area contributed by atoms with E-state index in [4.69, 9.17) is 4.74 Å². The Hall–Kier alpha value is -5.54. The van der Waals surface area contributed by atoms with Gasteiger partial charge in [-0.2, -0.15) is 8.42 Å². The lowest BCUT2D eigenvalue weighted by Gasteiger charge is -2.56. The Morgan fingerprint density at radius 1 is 0.903 bits per heavy atom. The van der Waals surface area contributed by atoms with Gasteiger partial charge in [0, 0.05) is 55.1 Å². The van der Waals surface area contributed by atoms with Crippen molar-refractivity contribution in [1.82, 2.24) is 24.6 Å². The van der Waals surface area contributed by atoms with Crippen LogP contribution in [0.1, 0.15) is 117 Å². The lowest BCUT2D eigenvalue weighted by Crippen LogP contribution is -2.54. The number of carbonyl (C=O) groups is 1. The zero-order valence-electron chi connectivity index (χ0n) is 34.9. The Kier molecular flexibility index (Phi) is 10.9. The van der Waals surface area contributed by atoms with Crippen LogP contribution >= 0.6 is 0 Å². The summed E-state index contributed by atoms with van der Waals surface area (Å²) >= 11 is 0. The highest BCUT2D eigenvalue weighted by molar-refractivity contribution is 7.90. The fourth-order valence-electron chi connectivity index (χ4n) is 10.8. The summed E-state index contributed by atoms with van der Waals surface area (Å²) < 4.78 is 35.7. The number of nitro groups is 1. The van der Waals surface area contributed by atoms with Crippen LogP contribution in [0.2, 0.25) is 0 Å². The van der Waals surface area contributed by atoms with E-state index in [1.807, 2.05) is 12.1 Å². The number of likely N-dealkylation sites (tertiary alicyclic amines) is 1. The summed E-state index contributed by atoms with van der Waals surface area (Å²) in [5, 5.41) is 15.4. The fraction of sp³-hybridized carbons (Fsp3) is 0.468. The minimum Gasteiger partial charge on any atom is -0.455 e. The second kappa shape index (κ2) is 16.6. The SMILES string of the molecule is O=C(NS(=O)(=O)c1cc([N+](=O)[O-])c(NCC2CCCCC2)cn1)c1ccc(N2CCC3(CC2)CC(N2CCC[C@H]2c2ccccc2C2CC2)C3)cc1Oc1cnc2[nH]ccc2c1. The molecule has 324 valence electrons. The van der Waals surface area contributed by atoms with E-state index < -0.39 is 31.6 Å². The number of carbonyl (C=O) groups excluding carboxylic acids is 1. The van der Waals surface area contributed by atoms with Gasteiger partial charge in [-0.15, -0.1) is 0 Å². The normalized spacial score (nSPS) is 20.9. The van der Waals surface area contributed by atoms with Crippen molar-refractivity contribution in [2.75, 3.05) is 36.4 Å². The number of piperidine rings is 1. The van der Waals surface area contributed by atoms with E-state index >= 15 is 0 Å². The van der Waals surface area contributed by atoms with Crippen molar-refractivity contribution in [1.29, 1.82) is 0 Å². The molecular weight excluding hydrogens is 805 g/mol. The van der Waals surface area contributed by atoms with Crippen molar-refractivity contribution >= 4 is 44.0 Å². The van der Waals surface area contributed by atoms with Crippen LogP contribution in [0.25, 0.3) is 11.0 Å². The second-order valence-corrected chi connectivity index (χ2v) is 20.0. The Morgan fingerprint density at radius 3 is 2.47 bits per heavy atom. The number of amides is 1. The van der Waals surface area contributed by atoms with Crippen LogP contribution in [0, 0.1) is 21.4 Å². The van der Waals surface area contributed by atoms with Gasteiger partial charge in [0.1, 0.15) is 22.8 Å². The first-order valence-corrected chi connectivity index (χ1v) is 23.9. The van der Waals surface area contributed by atoms with Crippen molar-refractivity contribution in [3.8, 4) is 11.5 Å². The summed E-state index contributed by atoms with van der Waals surface area (Å²) in [4.78, 5) is 42.0. The first-order chi connectivity index (χ1) is 30.1. The average Bonchev–Trinajstić information content (AvgIpc) is 3.82. The molecule has 0 unspecified atom stereocenters. The molecule has 3 aliphatic carbocycles. The highest BCUT2D eigenvalue weighted by atomic mass is 32.2. The van der Waals surface area contributed by atoms with E-state index in [1.165, 1.54) is 51.5 Å². The number of hydrogen-bond donors (Lipinski definition) is 3. The Labute approximate surface area is 362 Å². The molecule has 2 saturated heterocycles. The third kappa shape index (κ3) is 8.24. The number of hydrogen-bond acceptors (Lipinski definition) is 11. The van der Waals surface area contributed by atoms with Crippen LogP contribution in [-0.2, 0) is 10.0 Å². The van der Waals surface area contributed by atoms with Gasteiger partial charge in [-0.25, -0.2) is 14.7 Å². The molecule has 2 aliphatic heterocycles. The molecule has 1 amide bonds. The number of aromatic amines is 1. The van der Waals surface area contributed by atoms with Crippen LogP contribution in [0.15, 0.2) is 84.3 Å². The molecule has 1 atom stereocenters. The monoisotopic (exact) mass is 858 g/mol. The number of rotatable bonds is 13. The number of fused-ring (bicyclic) bond motifs is 1. The van der Waals surface area contributed by atoms with E-state index in [0.717, 1.165) is 80.9 Å². The van der Waals surface area contributed by atoms with Gasteiger partial charge in [0.25, 0.3) is 21.6 Å². The van der Waals surface area contributed by atoms with Crippen LogP contribution in [0.5, 0.6) is 11.5 Å². The third-order valence-electron chi connectivity index (χ3n) is 14.3. The molecule has 62 heavy (non-hydrogen) atoms. The molecule has 5 heterocycles. The maximum Gasteiger partial charge on any atom is 0.296 e. The van der Waals surface area contributed by atoms with Crippen LogP contribution in [0.4, 0.5) is 17.1 Å². The standard InChI is InChI=1S/C47H54N8O6S/c56-46(52-62(59,60)44-25-42(55(57)58)40(30-50-44)49-28-31-7-2-1-3-8-31)39-15-14-34(24-43(39)61-36-23-33-16-19-48-45(33)51-29-36)53-21-17-47(18-22-53)26-35(27-47)54-20-6-11-41(54)38-10-5-4-9-37(38)32-12-13-32/h4-5,9-10,14-16,19,23-25,29-32,35,41,49H,1-3,6-8,11-13,17-18,20-22,26-28H2,(H,48,51)(H,52,56)/t41-/m0/s1. The Balaban J connectivity index is 0.841. The van der Waals surface area contributed by atoms with Crippen LogP contribution in [0.3, 0.4) is 0 Å². The molecule has 5 aliphatic rings. The number of nitrogens with zero attached hydrogens (tertiary/aromatic N) is 5. The minimum atomic E-state index is -4.63. The highest BCUT2D eigenvalue weighted by Crippen LogP contribution is 2.55. The van der Waals surface area contributed by atoms with Crippen molar-refractivity contribution in [2.45, 2.75) is 106 Å². The first kappa shape index (κ1) is 40.5. The quantitative estimate of drug-likeness (QED) is 0.0760. The van der Waals surface area contributed by atoms with Gasteiger partial charge in [0.2, 0.25) is 0 Å². The molecule has 5 fully saturated rings. The topological polar surface area (TPSA) is 176 Å². The summed E-state index contributed by atoms with van der Waals surface area (Å²) in [6, 6.07) is 20.0. The fourth-order valence-corrected chi connectivity index (χ4v) is 11.7. The van der Waals surface area contributed by atoms with Crippen molar-refractivity contribution in [2.24, 2.45) is 11.3 Å². The maximum atomic E-state index is 13.9. The summed E-state index contributed by atoms with van der Waals surface area (Å²) in [7, 11) is -4.63. The minimum absolute atomic E-state index is 0.0227. The predicted octanol–water partition coefficient (Wildman–Crippen LogP) is 9.23. The Bertz CT molecular complexity index is 2590. The van der Waals surface area contributed by atoms with E-state index in [0.29, 0.717) is 41.4 Å². The Morgan fingerprint density at radius 2 is 1.69 bits per heavy atom. The lowest BCUT2D eigenvalue weighted by molar-refractivity contribution is -0.384. The van der Waals surface area contributed by atoms with Crippen molar-refractivity contribution < 1.29 is 22.9 Å². The molecule has 0 radical (unpaired) electrons. The molecule has 1 spiro atoms. The number of aromatic nitrogens is 3. The first-order valence-electron chi connectivity index (χ1n) is 22.4. The predicted molar refractivity (Wildman–Crippen MR) is 237 cm³/mol. The van der Waals surface area contributed by atoms with Gasteiger partial charge in [-0.1, -0.05) is 43.5 Å². The van der Waals surface area contributed by atoms with Gasteiger partial charge in [0.15, 0.2) is 5.03 Å². The number of benzene rings is 2. The molecule has 15 heteroatoms. The molecule has 3 N–H and O–H groups in total. The maximum absolute atomic E-state index is 13.9. The second-order valence-electron chi connectivity index (χ2n) is 18.3. The average molecular weight is 859 g/mol. The van der Waals surface area contributed by atoms with Crippen molar-refractivity contribution in [3.63, 3.8) is 0 Å². The van der Waals surface area contributed by atoms with Gasteiger partial charge < -0.3 is 19.9 Å². The zero-order valence-corrected chi connectivity index (χ0v) is 35.7. The molecule has 3 aromatic heterocycles. The smallest absolute Gasteiger partial charge is 0.296 e. The number of H-pyrrole nitrogens is 1. The van der Waals surface area contributed by atoms with Gasteiger partial charge in [0.05, 0.1) is 28.9 Å². The van der Waals surface area contributed by atoms with Gasteiger partial charge >= 0.3 is 0 Å².